The fraction of sp³-hybridized carbons (Fsp3) is 0.100. The molecule has 0 aliphatic heterocycles. The van der Waals surface area contributed by atoms with E-state index in [1.165, 1.54) is 16.9 Å². The van der Waals surface area contributed by atoms with Crippen LogP contribution in [-0.2, 0) is 0 Å². The zero-order valence-electron chi connectivity index (χ0n) is 13.5. The number of hydrogen-bond donors (Lipinski definition) is 0. The molecule has 3 heterocycles. The number of nitrogens with zero attached hydrogens (tertiary/aromatic N) is 2. The Kier molecular flexibility index (Phi) is 3.54. The van der Waals surface area contributed by atoms with Gasteiger partial charge in [0.15, 0.2) is 5.78 Å². The molecule has 118 valence electrons. The number of aromatic nitrogens is 2. The van der Waals surface area contributed by atoms with Crippen molar-refractivity contribution in [1.82, 2.24) is 9.38 Å². The molecular formula is C20H16N2OS. The fourth-order valence-electron chi connectivity index (χ4n) is 2.83. The molecule has 1 aromatic carbocycles. The van der Waals surface area contributed by atoms with Gasteiger partial charge in [-0.15, -0.1) is 11.3 Å². The van der Waals surface area contributed by atoms with Crippen LogP contribution in [0.25, 0.3) is 27.5 Å². The van der Waals surface area contributed by atoms with Gasteiger partial charge in [-0.3, -0.25) is 9.20 Å². The largest absolute Gasteiger partial charge is 0.298 e. The lowest BCUT2D eigenvalue weighted by molar-refractivity contribution is 0.102. The van der Waals surface area contributed by atoms with Gasteiger partial charge in [0, 0.05) is 11.8 Å². The third kappa shape index (κ3) is 2.45. The van der Waals surface area contributed by atoms with Gasteiger partial charge >= 0.3 is 0 Å². The first-order valence-corrected chi connectivity index (χ1v) is 8.60. The van der Waals surface area contributed by atoms with E-state index in [-0.39, 0.29) is 5.78 Å². The van der Waals surface area contributed by atoms with Crippen LogP contribution in [0.15, 0.2) is 60.8 Å². The van der Waals surface area contributed by atoms with Crippen molar-refractivity contribution in [3.8, 4) is 21.8 Å². The first kappa shape index (κ1) is 14.8. The van der Waals surface area contributed by atoms with E-state index in [4.69, 9.17) is 4.98 Å². The second-order valence-corrected chi connectivity index (χ2v) is 6.91. The van der Waals surface area contributed by atoms with Crippen LogP contribution in [0.5, 0.6) is 0 Å². The van der Waals surface area contributed by atoms with Crippen LogP contribution in [0.1, 0.15) is 22.2 Å². The van der Waals surface area contributed by atoms with Crippen molar-refractivity contribution in [2.24, 2.45) is 0 Å². The van der Waals surface area contributed by atoms with Crippen molar-refractivity contribution in [1.29, 1.82) is 0 Å². The Labute approximate surface area is 144 Å². The molecule has 0 unspecified atom stereocenters. The minimum Gasteiger partial charge on any atom is -0.298 e. The molecule has 0 saturated heterocycles. The molecule has 4 rings (SSSR count). The van der Waals surface area contributed by atoms with E-state index in [9.17, 15) is 4.79 Å². The second kappa shape index (κ2) is 5.73. The molecule has 0 N–H and O–H groups in total. The summed E-state index contributed by atoms with van der Waals surface area (Å²) in [4.78, 5) is 18.4. The highest BCUT2D eigenvalue weighted by Crippen LogP contribution is 2.36. The monoisotopic (exact) mass is 332 g/mol. The summed E-state index contributed by atoms with van der Waals surface area (Å²) in [5.41, 5.74) is 5.15. The standard InChI is InChI=1S/C20H16N2OS/c1-13-10-11-22-18(12-13)21-19(15-6-4-3-5-7-15)20(22)17-9-8-16(24-17)14(2)23/h3-12H,1-2H3. The first-order valence-electron chi connectivity index (χ1n) is 7.79. The normalized spacial score (nSPS) is 11.1. The van der Waals surface area contributed by atoms with Crippen LogP contribution in [-0.4, -0.2) is 15.2 Å². The molecule has 4 aromatic rings. The minimum absolute atomic E-state index is 0.0946. The predicted octanol–water partition coefficient (Wildman–Crippen LogP) is 5.24. The molecule has 0 amide bonds. The lowest BCUT2D eigenvalue weighted by Gasteiger charge is -2.03. The van der Waals surface area contributed by atoms with Crippen LogP contribution >= 0.6 is 11.3 Å². The molecule has 0 aliphatic rings. The molecule has 24 heavy (non-hydrogen) atoms. The topological polar surface area (TPSA) is 34.4 Å². The molecule has 0 saturated carbocycles. The number of thiophene rings is 1. The number of Topliss-reactive ketones (excluding diaryl/α,β-unsaturated/α-hetero) is 1. The number of imidazole rings is 1. The molecule has 0 aliphatic carbocycles. The maximum absolute atomic E-state index is 11.7. The van der Waals surface area contributed by atoms with Gasteiger partial charge in [0.25, 0.3) is 0 Å². The van der Waals surface area contributed by atoms with Gasteiger partial charge in [-0.1, -0.05) is 30.3 Å². The van der Waals surface area contributed by atoms with Gasteiger partial charge in [-0.25, -0.2) is 4.98 Å². The van der Waals surface area contributed by atoms with Crippen LogP contribution in [0.2, 0.25) is 0 Å². The average molecular weight is 332 g/mol. The first-order chi connectivity index (χ1) is 11.6. The number of benzene rings is 1. The van der Waals surface area contributed by atoms with Crippen LogP contribution in [0, 0.1) is 6.92 Å². The third-order valence-corrected chi connectivity index (χ3v) is 5.21. The number of fused-ring (bicyclic) bond motifs is 1. The quantitative estimate of drug-likeness (QED) is 0.481. The Morgan fingerprint density at radius 1 is 1.08 bits per heavy atom. The number of hydrogen-bond acceptors (Lipinski definition) is 3. The van der Waals surface area contributed by atoms with Crippen molar-refractivity contribution in [2.75, 3.05) is 0 Å². The number of carbonyl (C=O) groups excluding carboxylic acids is 1. The van der Waals surface area contributed by atoms with Crippen molar-refractivity contribution in [3.63, 3.8) is 0 Å². The fourth-order valence-corrected chi connectivity index (χ4v) is 3.78. The van der Waals surface area contributed by atoms with E-state index < -0.39 is 0 Å². The van der Waals surface area contributed by atoms with Crippen LogP contribution < -0.4 is 0 Å². The van der Waals surface area contributed by atoms with E-state index in [2.05, 4.69) is 35.6 Å². The molecule has 0 spiro atoms. The zero-order chi connectivity index (χ0) is 16.7. The Hall–Kier alpha value is -2.72. The van der Waals surface area contributed by atoms with Gasteiger partial charge in [0.2, 0.25) is 0 Å². The number of ketones is 1. The van der Waals surface area contributed by atoms with Crippen molar-refractivity contribution >= 4 is 22.8 Å². The van der Waals surface area contributed by atoms with Gasteiger partial charge in [0.1, 0.15) is 5.65 Å². The summed E-state index contributed by atoms with van der Waals surface area (Å²) < 4.78 is 2.10. The highest BCUT2D eigenvalue weighted by Gasteiger charge is 2.18. The van der Waals surface area contributed by atoms with Crippen molar-refractivity contribution < 1.29 is 4.79 Å². The summed E-state index contributed by atoms with van der Waals surface area (Å²) in [7, 11) is 0. The summed E-state index contributed by atoms with van der Waals surface area (Å²) >= 11 is 1.52. The Balaban J connectivity index is 2.02. The molecule has 3 nitrogen and oxygen atoms in total. The van der Waals surface area contributed by atoms with Crippen LogP contribution in [0.4, 0.5) is 0 Å². The van der Waals surface area contributed by atoms with Crippen molar-refractivity contribution in [2.45, 2.75) is 13.8 Å². The Bertz CT molecular complexity index is 1040. The van der Waals surface area contributed by atoms with Gasteiger partial charge in [0.05, 0.1) is 21.1 Å². The van der Waals surface area contributed by atoms with Gasteiger partial charge in [-0.2, -0.15) is 0 Å². The van der Waals surface area contributed by atoms with E-state index in [1.807, 2.05) is 36.5 Å². The van der Waals surface area contributed by atoms with E-state index in [0.717, 1.165) is 32.4 Å². The molecule has 4 heteroatoms. The Morgan fingerprint density at radius 3 is 2.58 bits per heavy atom. The molecule has 0 bridgehead atoms. The molecule has 0 fully saturated rings. The average Bonchev–Trinajstić information content (AvgIpc) is 3.19. The highest BCUT2D eigenvalue weighted by atomic mass is 32.1. The lowest BCUT2D eigenvalue weighted by Crippen LogP contribution is -1.88. The van der Waals surface area contributed by atoms with Crippen LogP contribution in [0.3, 0.4) is 0 Å². The zero-order valence-corrected chi connectivity index (χ0v) is 14.3. The number of carbonyl (C=O) groups is 1. The molecule has 0 radical (unpaired) electrons. The summed E-state index contributed by atoms with van der Waals surface area (Å²) in [6, 6.07) is 18.2. The molecular weight excluding hydrogens is 316 g/mol. The molecule has 3 aromatic heterocycles. The number of rotatable bonds is 3. The van der Waals surface area contributed by atoms with E-state index in [0.29, 0.717) is 0 Å². The number of aryl methyl sites for hydroxylation is 1. The van der Waals surface area contributed by atoms with Gasteiger partial charge < -0.3 is 0 Å². The summed E-state index contributed by atoms with van der Waals surface area (Å²) in [6.45, 7) is 3.67. The highest BCUT2D eigenvalue weighted by molar-refractivity contribution is 7.17. The predicted molar refractivity (Wildman–Crippen MR) is 98.7 cm³/mol. The van der Waals surface area contributed by atoms with E-state index >= 15 is 0 Å². The van der Waals surface area contributed by atoms with Crippen molar-refractivity contribution in [3.05, 3.63) is 71.2 Å². The van der Waals surface area contributed by atoms with E-state index in [1.54, 1.807) is 6.92 Å². The second-order valence-electron chi connectivity index (χ2n) is 5.83. The minimum atomic E-state index is 0.0946. The maximum Gasteiger partial charge on any atom is 0.169 e. The lowest BCUT2D eigenvalue weighted by atomic mass is 10.1. The summed E-state index contributed by atoms with van der Waals surface area (Å²) in [5, 5.41) is 0. The smallest absolute Gasteiger partial charge is 0.169 e. The molecule has 0 atom stereocenters. The Morgan fingerprint density at radius 2 is 1.88 bits per heavy atom. The third-order valence-electron chi connectivity index (χ3n) is 4.02. The maximum atomic E-state index is 11.7. The summed E-state index contributed by atoms with van der Waals surface area (Å²) in [6.07, 6.45) is 2.05. The van der Waals surface area contributed by atoms with Gasteiger partial charge in [-0.05, 0) is 43.7 Å². The summed E-state index contributed by atoms with van der Waals surface area (Å²) in [5.74, 6) is 0.0946. The SMILES string of the molecule is CC(=O)c1ccc(-c2c(-c3ccccc3)nc3cc(C)ccn23)s1. The number of pyridine rings is 1.